The fraction of sp³-hybridized carbons (Fsp3) is 0.357. The molecule has 0 saturated heterocycles. The number of nitrogens with one attached hydrogen (secondary N) is 1. The Kier molecular flexibility index (Phi) is 6.68. The number of thiazole rings is 1. The maximum absolute atomic E-state index is 12.0. The molecular weight excluding hydrogens is 442 g/mol. The van der Waals surface area contributed by atoms with E-state index in [4.69, 9.17) is 4.74 Å². The van der Waals surface area contributed by atoms with Gasteiger partial charge in [-0.3, -0.25) is 4.79 Å². The summed E-state index contributed by atoms with van der Waals surface area (Å²) in [7, 11) is 0. The number of anilines is 2. The Labute approximate surface area is 205 Å². The highest BCUT2D eigenvalue weighted by Gasteiger charge is 2.33. The molecule has 1 amide bonds. The number of ether oxygens (including phenoxy) is 1. The van der Waals surface area contributed by atoms with Crippen molar-refractivity contribution in [3.63, 3.8) is 0 Å². The van der Waals surface area contributed by atoms with Crippen LogP contribution in [0.4, 0.5) is 10.8 Å². The smallest absolute Gasteiger partial charge is 0.217 e. The van der Waals surface area contributed by atoms with Crippen LogP contribution in [0.15, 0.2) is 66.2 Å². The highest BCUT2D eigenvalue weighted by Crippen LogP contribution is 2.38. The van der Waals surface area contributed by atoms with E-state index in [9.17, 15) is 4.79 Å². The van der Waals surface area contributed by atoms with E-state index in [0.29, 0.717) is 6.61 Å². The molecule has 2 aliphatic rings. The van der Waals surface area contributed by atoms with Crippen molar-refractivity contribution in [3.8, 4) is 5.75 Å². The number of benzene rings is 2. The van der Waals surface area contributed by atoms with Gasteiger partial charge in [-0.1, -0.05) is 68.2 Å². The van der Waals surface area contributed by atoms with Crippen molar-refractivity contribution in [2.75, 3.05) is 11.5 Å². The molecule has 5 rings (SSSR count). The Morgan fingerprint density at radius 3 is 2.59 bits per heavy atom. The fourth-order valence-corrected chi connectivity index (χ4v) is 5.96. The summed E-state index contributed by atoms with van der Waals surface area (Å²) in [5.41, 5.74) is 3.24. The SMILES string of the molecule is CC(=O)NC1(c2ccc(OCC3C=Cc4ccccc4N3c3nccs3)cc2)CCCCCC1. The number of hydrogen-bond donors (Lipinski definition) is 1. The molecule has 1 fully saturated rings. The van der Waals surface area contributed by atoms with Gasteiger partial charge < -0.3 is 15.0 Å². The molecule has 2 aromatic carbocycles. The van der Waals surface area contributed by atoms with Crippen molar-refractivity contribution < 1.29 is 9.53 Å². The van der Waals surface area contributed by atoms with Gasteiger partial charge in [0, 0.05) is 18.5 Å². The van der Waals surface area contributed by atoms with E-state index in [1.807, 2.05) is 23.7 Å². The predicted octanol–water partition coefficient (Wildman–Crippen LogP) is 6.44. The second kappa shape index (κ2) is 10.0. The average Bonchev–Trinajstić information content (AvgIpc) is 3.28. The Bertz CT molecular complexity index is 1130. The van der Waals surface area contributed by atoms with Crippen LogP contribution in [-0.2, 0) is 10.3 Å². The molecule has 34 heavy (non-hydrogen) atoms. The number of fused-ring (bicyclic) bond motifs is 1. The third-order valence-corrected chi connectivity index (χ3v) is 7.62. The largest absolute Gasteiger partial charge is 0.491 e. The molecule has 2 heterocycles. The molecule has 0 radical (unpaired) electrons. The number of aromatic nitrogens is 1. The van der Waals surface area contributed by atoms with Gasteiger partial charge in [-0.25, -0.2) is 4.98 Å². The number of rotatable bonds is 6. The zero-order valence-electron chi connectivity index (χ0n) is 19.6. The van der Waals surface area contributed by atoms with Gasteiger partial charge in [0.15, 0.2) is 5.13 Å². The molecule has 6 heteroatoms. The molecule has 5 nitrogen and oxygen atoms in total. The summed E-state index contributed by atoms with van der Waals surface area (Å²) in [6, 6.07) is 16.8. The van der Waals surface area contributed by atoms with Gasteiger partial charge in [0.2, 0.25) is 5.91 Å². The molecule has 0 spiro atoms. The molecule has 1 atom stereocenters. The lowest BCUT2D eigenvalue weighted by Gasteiger charge is -2.35. The molecular formula is C28H31N3O2S. The maximum Gasteiger partial charge on any atom is 0.217 e. The Morgan fingerprint density at radius 1 is 1.12 bits per heavy atom. The summed E-state index contributed by atoms with van der Waals surface area (Å²) in [5.74, 6) is 0.871. The fourth-order valence-electron chi connectivity index (χ4n) is 5.24. The lowest BCUT2D eigenvalue weighted by molar-refractivity contribution is -0.121. The maximum atomic E-state index is 12.0. The highest BCUT2D eigenvalue weighted by molar-refractivity contribution is 7.13. The van der Waals surface area contributed by atoms with Crippen molar-refractivity contribution in [3.05, 3.63) is 77.3 Å². The number of hydrogen-bond acceptors (Lipinski definition) is 5. The minimum atomic E-state index is -0.266. The van der Waals surface area contributed by atoms with Crippen LogP contribution in [0.5, 0.6) is 5.75 Å². The lowest BCUT2D eigenvalue weighted by Crippen LogP contribution is -2.44. The number of carbonyl (C=O) groups is 1. The van der Waals surface area contributed by atoms with E-state index in [1.54, 1.807) is 18.3 Å². The van der Waals surface area contributed by atoms with Crippen molar-refractivity contribution in [2.45, 2.75) is 57.0 Å². The Balaban J connectivity index is 1.33. The average molecular weight is 474 g/mol. The van der Waals surface area contributed by atoms with Gasteiger partial charge in [-0.05, 0) is 42.2 Å². The summed E-state index contributed by atoms with van der Waals surface area (Å²) < 4.78 is 6.27. The van der Waals surface area contributed by atoms with E-state index in [1.165, 1.54) is 24.0 Å². The van der Waals surface area contributed by atoms with Crippen LogP contribution in [0, 0.1) is 0 Å². The van der Waals surface area contributed by atoms with Crippen molar-refractivity contribution in [2.24, 2.45) is 0 Å². The standard InChI is InChI=1S/C28H31N3O2S/c1-21(32)30-28(16-6-2-3-7-17-28)23-11-14-25(15-12-23)33-20-24-13-10-22-8-4-5-9-26(22)31(24)27-29-18-19-34-27/h4-5,8-15,18-19,24H,2-3,6-7,16-17,20H2,1H3,(H,30,32). The zero-order valence-corrected chi connectivity index (χ0v) is 20.4. The van der Waals surface area contributed by atoms with Gasteiger partial charge in [0.25, 0.3) is 0 Å². The molecule has 1 aliphatic carbocycles. The van der Waals surface area contributed by atoms with Crippen LogP contribution in [0.25, 0.3) is 6.08 Å². The van der Waals surface area contributed by atoms with Gasteiger partial charge >= 0.3 is 0 Å². The van der Waals surface area contributed by atoms with Crippen molar-refractivity contribution >= 4 is 34.1 Å². The van der Waals surface area contributed by atoms with Crippen LogP contribution >= 0.6 is 11.3 Å². The van der Waals surface area contributed by atoms with Crippen LogP contribution in [0.2, 0.25) is 0 Å². The van der Waals surface area contributed by atoms with Gasteiger partial charge in [0.1, 0.15) is 12.4 Å². The summed E-state index contributed by atoms with van der Waals surface area (Å²) in [6.07, 6.45) is 12.9. The highest BCUT2D eigenvalue weighted by atomic mass is 32.1. The van der Waals surface area contributed by atoms with E-state index in [-0.39, 0.29) is 17.5 Å². The molecule has 1 unspecified atom stereocenters. The second-order valence-electron chi connectivity index (χ2n) is 9.18. The van der Waals surface area contributed by atoms with Crippen molar-refractivity contribution in [1.82, 2.24) is 10.3 Å². The van der Waals surface area contributed by atoms with Gasteiger partial charge in [-0.2, -0.15) is 0 Å². The van der Waals surface area contributed by atoms with E-state index in [0.717, 1.165) is 42.3 Å². The summed E-state index contributed by atoms with van der Waals surface area (Å²) >= 11 is 1.63. The van der Waals surface area contributed by atoms with E-state index < -0.39 is 0 Å². The second-order valence-corrected chi connectivity index (χ2v) is 10.1. The summed E-state index contributed by atoms with van der Waals surface area (Å²) in [6.45, 7) is 2.13. The minimum absolute atomic E-state index is 0.0360. The quantitative estimate of drug-likeness (QED) is 0.419. The number of amides is 1. The first-order valence-corrected chi connectivity index (χ1v) is 13.0. The molecule has 1 saturated carbocycles. The van der Waals surface area contributed by atoms with Gasteiger partial charge in [-0.15, -0.1) is 11.3 Å². The van der Waals surface area contributed by atoms with Crippen molar-refractivity contribution in [1.29, 1.82) is 0 Å². The lowest BCUT2D eigenvalue weighted by atomic mass is 9.82. The molecule has 1 aliphatic heterocycles. The molecule has 0 bridgehead atoms. The third-order valence-electron chi connectivity index (χ3n) is 6.85. The number of nitrogens with zero attached hydrogens (tertiary/aromatic N) is 2. The Hall–Kier alpha value is -3.12. The van der Waals surface area contributed by atoms with Crippen LogP contribution in [0.1, 0.15) is 56.6 Å². The first-order valence-electron chi connectivity index (χ1n) is 12.1. The topological polar surface area (TPSA) is 54.5 Å². The monoisotopic (exact) mass is 473 g/mol. The number of carbonyl (C=O) groups excluding carboxylic acids is 1. The van der Waals surface area contributed by atoms with E-state index in [2.05, 4.69) is 63.8 Å². The third kappa shape index (κ3) is 4.73. The van der Waals surface area contributed by atoms with E-state index >= 15 is 0 Å². The van der Waals surface area contributed by atoms with Crippen LogP contribution in [-0.4, -0.2) is 23.5 Å². The first kappa shape index (κ1) is 22.7. The summed E-state index contributed by atoms with van der Waals surface area (Å²) in [4.78, 5) is 18.8. The molecule has 176 valence electrons. The molecule has 1 aromatic heterocycles. The van der Waals surface area contributed by atoms with Crippen LogP contribution < -0.4 is 15.0 Å². The Morgan fingerprint density at radius 2 is 1.88 bits per heavy atom. The summed E-state index contributed by atoms with van der Waals surface area (Å²) in [5, 5.41) is 6.25. The normalized spacial score (nSPS) is 19.2. The zero-order chi connectivity index (χ0) is 23.4. The minimum Gasteiger partial charge on any atom is -0.491 e. The molecule has 3 aromatic rings. The predicted molar refractivity (Wildman–Crippen MR) is 139 cm³/mol. The van der Waals surface area contributed by atoms with Gasteiger partial charge in [0.05, 0.1) is 17.3 Å². The van der Waals surface area contributed by atoms with Crippen LogP contribution in [0.3, 0.4) is 0 Å². The molecule has 1 N–H and O–H groups in total. The number of para-hydroxylation sites is 1. The first-order chi connectivity index (χ1) is 16.6.